The van der Waals surface area contributed by atoms with Crippen LogP contribution in [0.25, 0.3) is 6.08 Å². The largest absolute Gasteiger partial charge is 0.478 e. The normalized spacial score (nSPS) is 10.7. The number of halogens is 1. The maximum Gasteiger partial charge on any atom is 0.328 e. The summed E-state index contributed by atoms with van der Waals surface area (Å²) in [6.45, 7) is 4.66. The first-order chi connectivity index (χ1) is 8.99. The molecule has 0 aromatic heterocycles. The molecule has 0 radical (unpaired) electrons. The zero-order valence-electron chi connectivity index (χ0n) is 10.9. The molecule has 0 saturated carbocycles. The van der Waals surface area contributed by atoms with Crippen LogP contribution >= 0.6 is 0 Å². The van der Waals surface area contributed by atoms with Gasteiger partial charge in [0.2, 0.25) is 0 Å². The smallest absolute Gasteiger partial charge is 0.328 e. The summed E-state index contributed by atoms with van der Waals surface area (Å²) in [5, 5.41) is 8.48. The zero-order valence-corrected chi connectivity index (χ0v) is 10.9. The van der Waals surface area contributed by atoms with Crippen molar-refractivity contribution in [2.75, 3.05) is 13.1 Å². The molecule has 0 heterocycles. The number of aliphatic carboxylic acids is 1. The molecular weight excluding hydrogens is 249 g/mol. The highest BCUT2D eigenvalue weighted by Gasteiger charge is 2.16. The van der Waals surface area contributed by atoms with Crippen LogP contribution in [-0.2, 0) is 4.79 Å². The van der Waals surface area contributed by atoms with Gasteiger partial charge in [0.05, 0.1) is 5.56 Å². The number of hydrogen-bond donors (Lipinski definition) is 1. The lowest BCUT2D eigenvalue weighted by molar-refractivity contribution is -0.131. The number of carbonyl (C=O) groups excluding carboxylic acids is 1. The molecule has 1 N–H and O–H groups in total. The van der Waals surface area contributed by atoms with Gasteiger partial charge in [-0.05, 0) is 37.6 Å². The second kappa shape index (κ2) is 6.68. The Labute approximate surface area is 111 Å². The molecule has 0 unspecified atom stereocenters. The summed E-state index contributed by atoms with van der Waals surface area (Å²) in [4.78, 5) is 23.9. The Morgan fingerprint density at radius 2 is 1.95 bits per heavy atom. The molecule has 1 aromatic rings. The van der Waals surface area contributed by atoms with E-state index < -0.39 is 11.8 Å². The third kappa shape index (κ3) is 3.91. The molecule has 0 bridgehead atoms. The number of amides is 1. The van der Waals surface area contributed by atoms with Gasteiger partial charge in [-0.15, -0.1) is 0 Å². The predicted octanol–water partition coefficient (Wildman–Crippen LogP) is 2.41. The van der Waals surface area contributed by atoms with Crippen molar-refractivity contribution in [2.45, 2.75) is 13.8 Å². The van der Waals surface area contributed by atoms with Gasteiger partial charge in [-0.3, -0.25) is 4.79 Å². The fourth-order valence-electron chi connectivity index (χ4n) is 1.66. The summed E-state index contributed by atoms with van der Waals surface area (Å²) in [7, 11) is 0. The van der Waals surface area contributed by atoms with Gasteiger partial charge in [0.15, 0.2) is 0 Å². The van der Waals surface area contributed by atoms with Crippen LogP contribution in [-0.4, -0.2) is 35.0 Å². The summed E-state index contributed by atoms with van der Waals surface area (Å²) in [5.74, 6) is -2.12. The monoisotopic (exact) mass is 265 g/mol. The second-order valence-electron chi connectivity index (χ2n) is 3.89. The van der Waals surface area contributed by atoms with Crippen LogP contribution in [0.4, 0.5) is 4.39 Å². The van der Waals surface area contributed by atoms with Crippen molar-refractivity contribution >= 4 is 18.0 Å². The van der Waals surface area contributed by atoms with Crippen LogP contribution in [0.2, 0.25) is 0 Å². The fourth-order valence-corrected chi connectivity index (χ4v) is 1.66. The van der Waals surface area contributed by atoms with Crippen LogP contribution in [0.15, 0.2) is 24.3 Å². The number of carbonyl (C=O) groups is 2. The molecule has 0 fully saturated rings. The van der Waals surface area contributed by atoms with E-state index in [9.17, 15) is 14.0 Å². The van der Waals surface area contributed by atoms with Crippen molar-refractivity contribution in [3.63, 3.8) is 0 Å². The lowest BCUT2D eigenvalue weighted by Gasteiger charge is -2.18. The maximum atomic E-state index is 13.8. The van der Waals surface area contributed by atoms with E-state index in [1.807, 2.05) is 13.8 Å². The molecule has 0 saturated heterocycles. The average Bonchev–Trinajstić information content (AvgIpc) is 2.37. The first-order valence-electron chi connectivity index (χ1n) is 5.99. The molecular formula is C14H16FNO3. The van der Waals surface area contributed by atoms with Gasteiger partial charge in [-0.25, -0.2) is 9.18 Å². The van der Waals surface area contributed by atoms with Crippen molar-refractivity contribution in [1.29, 1.82) is 0 Å². The standard InChI is InChI=1S/C14H16FNO3/c1-3-16(4-2)14(19)11-7-5-10(9-12(11)15)6-8-13(17)18/h5-9H,3-4H2,1-2H3,(H,17,18)/b8-6+. The van der Waals surface area contributed by atoms with Crippen molar-refractivity contribution in [3.05, 3.63) is 41.2 Å². The van der Waals surface area contributed by atoms with E-state index in [1.54, 1.807) is 0 Å². The van der Waals surface area contributed by atoms with Crippen molar-refractivity contribution in [2.24, 2.45) is 0 Å². The highest BCUT2D eigenvalue weighted by Crippen LogP contribution is 2.14. The minimum absolute atomic E-state index is 0.00354. The van der Waals surface area contributed by atoms with Gasteiger partial charge in [-0.2, -0.15) is 0 Å². The van der Waals surface area contributed by atoms with Gasteiger partial charge in [-0.1, -0.05) is 6.07 Å². The van der Waals surface area contributed by atoms with E-state index in [2.05, 4.69) is 0 Å². The van der Waals surface area contributed by atoms with Gasteiger partial charge < -0.3 is 10.0 Å². The Kier molecular flexibility index (Phi) is 5.23. The van der Waals surface area contributed by atoms with E-state index in [0.717, 1.165) is 12.1 Å². The third-order valence-electron chi connectivity index (χ3n) is 2.69. The number of carboxylic acids is 1. The lowest BCUT2D eigenvalue weighted by Crippen LogP contribution is -2.31. The average molecular weight is 265 g/mol. The van der Waals surface area contributed by atoms with Crippen molar-refractivity contribution in [3.8, 4) is 0 Å². The number of carboxylic acid groups (broad SMARTS) is 1. The number of hydrogen-bond acceptors (Lipinski definition) is 2. The van der Waals surface area contributed by atoms with Crippen LogP contribution in [0.1, 0.15) is 29.8 Å². The Balaban J connectivity index is 3.00. The van der Waals surface area contributed by atoms with Crippen LogP contribution < -0.4 is 0 Å². The van der Waals surface area contributed by atoms with Gasteiger partial charge in [0.25, 0.3) is 5.91 Å². The van der Waals surface area contributed by atoms with Gasteiger partial charge in [0.1, 0.15) is 5.82 Å². The lowest BCUT2D eigenvalue weighted by atomic mass is 10.1. The van der Waals surface area contributed by atoms with E-state index in [1.165, 1.54) is 23.1 Å². The Morgan fingerprint density at radius 1 is 1.32 bits per heavy atom. The zero-order chi connectivity index (χ0) is 14.4. The second-order valence-corrected chi connectivity index (χ2v) is 3.89. The fraction of sp³-hybridized carbons (Fsp3) is 0.286. The van der Waals surface area contributed by atoms with E-state index >= 15 is 0 Å². The summed E-state index contributed by atoms with van der Waals surface area (Å²) in [6, 6.07) is 4.03. The first-order valence-corrected chi connectivity index (χ1v) is 5.99. The van der Waals surface area contributed by atoms with E-state index in [4.69, 9.17) is 5.11 Å². The van der Waals surface area contributed by atoms with Crippen LogP contribution in [0, 0.1) is 5.82 Å². The summed E-state index contributed by atoms with van der Waals surface area (Å²) < 4.78 is 13.8. The highest BCUT2D eigenvalue weighted by molar-refractivity contribution is 5.95. The number of rotatable bonds is 5. The molecule has 0 aliphatic rings. The van der Waals surface area contributed by atoms with E-state index in [0.29, 0.717) is 18.7 Å². The van der Waals surface area contributed by atoms with Crippen molar-refractivity contribution < 1.29 is 19.1 Å². The molecule has 0 atom stereocenters. The molecule has 4 nitrogen and oxygen atoms in total. The van der Waals surface area contributed by atoms with Crippen LogP contribution in [0.5, 0.6) is 0 Å². The highest BCUT2D eigenvalue weighted by atomic mass is 19.1. The third-order valence-corrected chi connectivity index (χ3v) is 2.69. The maximum absolute atomic E-state index is 13.8. The SMILES string of the molecule is CCN(CC)C(=O)c1ccc(/C=C/C(=O)O)cc1F. The first kappa shape index (κ1) is 14.9. The minimum atomic E-state index is -1.11. The topological polar surface area (TPSA) is 57.6 Å². The Bertz CT molecular complexity index is 507. The molecule has 0 spiro atoms. The van der Waals surface area contributed by atoms with Crippen molar-refractivity contribution in [1.82, 2.24) is 4.90 Å². The number of nitrogens with zero attached hydrogens (tertiary/aromatic N) is 1. The molecule has 1 aromatic carbocycles. The minimum Gasteiger partial charge on any atom is -0.478 e. The van der Waals surface area contributed by atoms with E-state index in [-0.39, 0.29) is 11.5 Å². The Morgan fingerprint density at radius 3 is 2.42 bits per heavy atom. The molecule has 0 aliphatic carbocycles. The summed E-state index contributed by atoms with van der Waals surface area (Å²) >= 11 is 0. The molecule has 102 valence electrons. The molecule has 1 amide bonds. The number of benzene rings is 1. The summed E-state index contributed by atoms with van der Waals surface area (Å²) in [5.41, 5.74) is 0.396. The Hall–Kier alpha value is -2.17. The summed E-state index contributed by atoms with van der Waals surface area (Å²) in [6.07, 6.45) is 2.19. The van der Waals surface area contributed by atoms with Gasteiger partial charge in [0, 0.05) is 19.2 Å². The van der Waals surface area contributed by atoms with Gasteiger partial charge >= 0.3 is 5.97 Å². The molecule has 19 heavy (non-hydrogen) atoms. The molecule has 0 aliphatic heterocycles. The predicted molar refractivity (Wildman–Crippen MR) is 70.3 cm³/mol. The molecule has 1 rings (SSSR count). The van der Waals surface area contributed by atoms with Crippen LogP contribution in [0.3, 0.4) is 0 Å². The quantitative estimate of drug-likeness (QED) is 0.832. The molecule has 5 heteroatoms.